The SMILES string of the molecule is COc1cc(C2C(=C(O)c3ccc4c(c3)CC(C)O4)C(=O)C(=O)N2CCC[n+]2cc[nH]c2)cc(Br)c1O. The number of amides is 1. The fraction of sp³-hybridized carbons (Fsp3) is 0.296. The van der Waals surface area contributed by atoms with Crippen LogP contribution in [0.4, 0.5) is 0 Å². The molecule has 3 heterocycles. The Morgan fingerprint density at radius 3 is 2.84 bits per heavy atom. The lowest BCUT2D eigenvalue weighted by atomic mass is 9.94. The van der Waals surface area contributed by atoms with Gasteiger partial charge in [0.15, 0.2) is 11.5 Å². The summed E-state index contributed by atoms with van der Waals surface area (Å²) in [6, 6.07) is 7.60. The molecule has 10 heteroatoms. The topological polar surface area (TPSA) is 116 Å². The number of phenols is 1. The number of aliphatic hydroxyl groups is 1. The monoisotopic (exact) mass is 568 g/mol. The van der Waals surface area contributed by atoms with E-state index in [0.717, 1.165) is 11.3 Å². The van der Waals surface area contributed by atoms with Crippen LogP contribution in [0.5, 0.6) is 17.2 Å². The number of Topliss-reactive ketones (excluding diaryl/α,β-unsaturated/α-hetero) is 1. The normalized spacial score (nSPS) is 20.2. The van der Waals surface area contributed by atoms with Crippen molar-refractivity contribution >= 4 is 33.4 Å². The van der Waals surface area contributed by atoms with Gasteiger partial charge in [0.1, 0.15) is 30.0 Å². The predicted octanol–water partition coefficient (Wildman–Crippen LogP) is 3.61. The minimum absolute atomic E-state index is 0.00847. The number of ketones is 1. The van der Waals surface area contributed by atoms with E-state index in [4.69, 9.17) is 9.47 Å². The maximum Gasteiger partial charge on any atom is 0.295 e. The van der Waals surface area contributed by atoms with Crippen molar-refractivity contribution in [1.29, 1.82) is 0 Å². The molecular formula is C27H27BrN3O6+. The molecule has 2 aliphatic heterocycles. The summed E-state index contributed by atoms with van der Waals surface area (Å²) < 4.78 is 13.4. The molecule has 2 aromatic carbocycles. The van der Waals surface area contributed by atoms with Crippen molar-refractivity contribution in [3.63, 3.8) is 0 Å². The number of aromatic hydroxyl groups is 1. The molecule has 0 bridgehead atoms. The smallest absolute Gasteiger partial charge is 0.295 e. The van der Waals surface area contributed by atoms with Crippen molar-refractivity contribution in [2.24, 2.45) is 0 Å². The second-order valence-corrected chi connectivity index (χ2v) is 10.1. The van der Waals surface area contributed by atoms with E-state index in [0.29, 0.717) is 35.0 Å². The molecule has 5 rings (SSSR count). The second kappa shape index (κ2) is 9.93. The number of hydrogen-bond acceptors (Lipinski definition) is 6. The first kappa shape index (κ1) is 24.9. The third-order valence-electron chi connectivity index (χ3n) is 6.71. The standard InChI is InChI=1S/C27H26BrN3O6/c1-15-10-17-11-16(4-5-20(17)37-15)24(32)22-23(18-12-19(28)25(33)21(13-18)36-2)31(27(35)26(22)34)8-3-7-30-9-6-29-14-30/h4-6,9,11-15,23H,3,7-8,10H2,1-2H3,(H2,32,33,34)/p+1. The molecule has 1 aromatic heterocycles. The van der Waals surface area contributed by atoms with Gasteiger partial charge in [0.2, 0.25) is 6.33 Å². The number of aromatic nitrogens is 2. The summed E-state index contributed by atoms with van der Waals surface area (Å²) in [6.07, 6.45) is 6.79. The largest absolute Gasteiger partial charge is 0.507 e. The van der Waals surface area contributed by atoms with Gasteiger partial charge in [-0.2, -0.15) is 0 Å². The number of ether oxygens (including phenoxy) is 2. The Kier molecular flexibility index (Phi) is 6.68. The van der Waals surface area contributed by atoms with E-state index in [-0.39, 0.29) is 35.5 Å². The number of nitrogens with zero attached hydrogens (tertiary/aromatic N) is 2. The van der Waals surface area contributed by atoms with Crippen LogP contribution in [0.25, 0.3) is 5.76 Å². The van der Waals surface area contributed by atoms with Gasteiger partial charge in [0.05, 0.1) is 29.7 Å². The number of phenolic OH excluding ortho intramolecular Hbond substituents is 1. The van der Waals surface area contributed by atoms with Crippen molar-refractivity contribution in [2.45, 2.75) is 38.5 Å². The van der Waals surface area contributed by atoms with Gasteiger partial charge in [0.25, 0.3) is 11.7 Å². The molecule has 0 saturated carbocycles. The number of carbonyl (C=O) groups is 2. The number of aromatic amines is 1. The molecule has 192 valence electrons. The fourth-order valence-electron chi connectivity index (χ4n) is 4.97. The number of likely N-dealkylation sites (tertiary alicyclic amines) is 1. The average molecular weight is 569 g/mol. The summed E-state index contributed by atoms with van der Waals surface area (Å²) in [5.74, 6) is -0.870. The van der Waals surface area contributed by atoms with Crippen molar-refractivity contribution in [3.05, 3.63) is 75.8 Å². The molecule has 1 amide bonds. The first-order chi connectivity index (χ1) is 17.8. The van der Waals surface area contributed by atoms with Gasteiger partial charge in [-0.3, -0.25) is 14.6 Å². The van der Waals surface area contributed by atoms with Gasteiger partial charge in [-0.25, -0.2) is 4.57 Å². The van der Waals surface area contributed by atoms with E-state index in [9.17, 15) is 19.8 Å². The third kappa shape index (κ3) is 4.57. The molecule has 37 heavy (non-hydrogen) atoms. The van der Waals surface area contributed by atoms with Crippen LogP contribution in [0, 0.1) is 0 Å². The number of carbonyl (C=O) groups excluding carboxylic acids is 2. The van der Waals surface area contributed by atoms with Crippen LogP contribution in [-0.2, 0) is 22.6 Å². The number of fused-ring (bicyclic) bond motifs is 1. The van der Waals surface area contributed by atoms with E-state index in [1.165, 1.54) is 12.0 Å². The van der Waals surface area contributed by atoms with E-state index < -0.39 is 17.7 Å². The molecule has 0 aliphatic carbocycles. The molecule has 0 spiro atoms. The average Bonchev–Trinajstić information content (AvgIpc) is 3.59. The predicted molar refractivity (Wildman–Crippen MR) is 137 cm³/mol. The zero-order valence-electron chi connectivity index (χ0n) is 20.4. The molecule has 1 saturated heterocycles. The van der Waals surface area contributed by atoms with E-state index in [1.54, 1.807) is 36.5 Å². The summed E-state index contributed by atoms with van der Waals surface area (Å²) in [7, 11) is 1.42. The van der Waals surface area contributed by atoms with E-state index >= 15 is 0 Å². The first-order valence-corrected chi connectivity index (χ1v) is 12.7. The van der Waals surface area contributed by atoms with Crippen LogP contribution in [0.15, 0.2) is 59.1 Å². The van der Waals surface area contributed by atoms with Gasteiger partial charge in [-0.05, 0) is 64.3 Å². The third-order valence-corrected chi connectivity index (χ3v) is 7.32. The zero-order valence-corrected chi connectivity index (χ0v) is 22.0. The van der Waals surface area contributed by atoms with Gasteiger partial charge >= 0.3 is 0 Å². The van der Waals surface area contributed by atoms with Crippen LogP contribution in [0.1, 0.15) is 36.1 Å². The van der Waals surface area contributed by atoms with Crippen LogP contribution >= 0.6 is 15.9 Å². The minimum Gasteiger partial charge on any atom is -0.507 e. The number of rotatable bonds is 7. The van der Waals surface area contributed by atoms with Crippen LogP contribution < -0.4 is 14.0 Å². The Labute approximate surface area is 222 Å². The second-order valence-electron chi connectivity index (χ2n) is 9.20. The molecule has 2 unspecified atom stereocenters. The number of hydrogen-bond donors (Lipinski definition) is 3. The van der Waals surface area contributed by atoms with Crippen LogP contribution in [-0.4, -0.2) is 51.5 Å². The molecular weight excluding hydrogens is 542 g/mol. The molecule has 3 N–H and O–H groups in total. The number of aliphatic hydroxyl groups excluding tert-OH is 1. The summed E-state index contributed by atoms with van der Waals surface area (Å²) in [5.41, 5.74) is 1.88. The van der Waals surface area contributed by atoms with Gasteiger partial charge < -0.3 is 24.6 Å². The summed E-state index contributed by atoms with van der Waals surface area (Å²) in [5, 5.41) is 21.8. The molecule has 0 radical (unpaired) electrons. The zero-order chi connectivity index (χ0) is 26.3. The first-order valence-electron chi connectivity index (χ1n) is 11.9. The summed E-state index contributed by atoms with van der Waals surface area (Å²) >= 11 is 3.34. The van der Waals surface area contributed by atoms with Gasteiger partial charge in [-0.15, -0.1) is 0 Å². The highest BCUT2D eigenvalue weighted by Gasteiger charge is 2.46. The van der Waals surface area contributed by atoms with E-state index in [2.05, 4.69) is 20.9 Å². The Hall–Kier alpha value is -3.79. The number of methoxy groups -OCH3 is 1. The maximum absolute atomic E-state index is 13.4. The quantitative estimate of drug-likeness (QED) is 0.173. The molecule has 2 atom stereocenters. The minimum atomic E-state index is -0.870. The Bertz CT molecular complexity index is 1400. The van der Waals surface area contributed by atoms with Gasteiger partial charge in [0, 0.05) is 24.9 Å². The highest BCUT2D eigenvalue weighted by atomic mass is 79.9. The number of benzene rings is 2. The summed E-state index contributed by atoms with van der Waals surface area (Å²) in [6.45, 7) is 2.87. The van der Waals surface area contributed by atoms with Crippen LogP contribution in [0.3, 0.4) is 0 Å². The number of H-pyrrole nitrogens is 1. The van der Waals surface area contributed by atoms with Crippen molar-refractivity contribution in [1.82, 2.24) is 9.88 Å². The number of imidazole rings is 1. The van der Waals surface area contributed by atoms with Crippen LogP contribution in [0.2, 0.25) is 0 Å². The lowest BCUT2D eigenvalue weighted by Crippen LogP contribution is -2.36. The maximum atomic E-state index is 13.4. The highest BCUT2D eigenvalue weighted by molar-refractivity contribution is 9.10. The lowest BCUT2D eigenvalue weighted by Gasteiger charge is -2.26. The summed E-state index contributed by atoms with van der Waals surface area (Å²) in [4.78, 5) is 31.1. The number of aryl methyl sites for hydroxylation is 1. The van der Waals surface area contributed by atoms with Crippen molar-refractivity contribution < 1.29 is 33.8 Å². The molecule has 9 nitrogen and oxygen atoms in total. The lowest BCUT2D eigenvalue weighted by molar-refractivity contribution is -0.695. The fourth-order valence-corrected chi connectivity index (χ4v) is 5.43. The van der Waals surface area contributed by atoms with Crippen molar-refractivity contribution in [2.75, 3.05) is 13.7 Å². The Balaban J connectivity index is 1.59. The molecule has 1 fully saturated rings. The Morgan fingerprint density at radius 1 is 1.30 bits per heavy atom. The molecule has 3 aromatic rings. The Morgan fingerprint density at radius 2 is 2.11 bits per heavy atom. The number of nitrogens with one attached hydrogen (secondary N) is 1. The van der Waals surface area contributed by atoms with Gasteiger partial charge in [-0.1, -0.05) is 0 Å². The highest BCUT2D eigenvalue weighted by Crippen LogP contribution is 2.44. The molecule has 2 aliphatic rings. The van der Waals surface area contributed by atoms with E-state index in [1.807, 2.05) is 24.0 Å². The number of halogens is 1. The van der Waals surface area contributed by atoms with Crippen molar-refractivity contribution in [3.8, 4) is 17.2 Å².